The lowest BCUT2D eigenvalue weighted by molar-refractivity contribution is 0.0947. The average molecular weight is 310 g/mol. The van der Waals surface area contributed by atoms with Crippen LogP contribution in [0.4, 0.5) is 0 Å². The number of nitrogens with one attached hydrogen (secondary N) is 1. The van der Waals surface area contributed by atoms with Crippen molar-refractivity contribution >= 4 is 5.91 Å². The molecule has 0 atom stereocenters. The Kier molecular flexibility index (Phi) is 4.28. The minimum atomic E-state index is -0.231. The van der Waals surface area contributed by atoms with Gasteiger partial charge in [-0.3, -0.25) is 9.78 Å². The van der Waals surface area contributed by atoms with Gasteiger partial charge in [0.2, 0.25) is 5.89 Å². The lowest BCUT2D eigenvalue weighted by Crippen LogP contribution is -2.22. The molecule has 0 fully saturated rings. The summed E-state index contributed by atoms with van der Waals surface area (Å²) in [4.78, 5) is 16.2. The molecule has 7 nitrogen and oxygen atoms in total. The first-order valence-electron chi connectivity index (χ1n) is 6.92. The first-order chi connectivity index (χ1) is 11.3. The number of benzene rings is 1. The van der Waals surface area contributed by atoms with Crippen LogP contribution in [-0.2, 0) is 6.54 Å². The number of ether oxygens (including phenoxy) is 1. The Balaban J connectivity index is 1.62. The van der Waals surface area contributed by atoms with Gasteiger partial charge in [-0.2, -0.15) is 0 Å². The minimum absolute atomic E-state index is 0.144. The molecule has 3 aromatic rings. The number of rotatable bonds is 5. The third kappa shape index (κ3) is 3.52. The molecule has 0 unspecified atom stereocenters. The molecule has 2 aromatic heterocycles. The van der Waals surface area contributed by atoms with Crippen LogP contribution in [0, 0.1) is 0 Å². The van der Waals surface area contributed by atoms with E-state index < -0.39 is 0 Å². The normalized spacial score (nSPS) is 10.3. The van der Waals surface area contributed by atoms with Crippen molar-refractivity contribution in [2.24, 2.45) is 0 Å². The van der Waals surface area contributed by atoms with Gasteiger partial charge in [-0.15, -0.1) is 10.2 Å². The molecule has 0 saturated heterocycles. The molecule has 0 aliphatic carbocycles. The summed E-state index contributed by atoms with van der Waals surface area (Å²) in [6.45, 7) is 0.144. The Morgan fingerprint density at radius 1 is 1.17 bits per heavy atom. The number of carbonyl (C=O) groups is 1. The number of aromatic nitrogens is 3. The Hall–Kier alpha value is -3.22. The number of amides is 1. The number of hydrogen-bond donors (Lipinski definition) is 1. The summed E-state index contributed by atoms with van der Waals surface area (Å²) in [7, 11) is 1.57. The molecular formula is C16H14N4O3. The van der Waals surface area contributed by atoms with E-state index in [1.807, 2.05) is 6.07 Å². The largest absolute Gasteiger partial charge is 0.497 e. The second kappa shape index (κ2) is 6.69. The quantitative estimate of drug-likeness (QED) is 0.776. The van der Waals surface area contributed by atoms with E-state index in [0.29, 0.717) is 28.8 Å². The highest BCUT2D eigenvalue weighted by Gasteiger charge is 2.11. The van der Waals surface area contributed by atoms with E-state index in [9.17, 15) is 4.79 Å². The maximum absolute atomic E-state index is 12.0. The Morgan fingerprint density at radius 3 is 2.70 bits per heavy atom. The minimum Gasteiger partial charge on any atom is -0.497 e. The van der Waals surface area contributed by atoms with Crippen LogP contribution < -0.4 is 10.1 Å². The number of pyridine rings is 1. The van der Waals surface area contributed by atoms with Crippen LogP contribution >= 0.6 is 0 Å². The van der Waals surface area contributed by atoms with Crippen molar-refractivity contribution < 1.29 is 13.9 Å². The van der Waals surface area contributed by atoms with Crippen LogP contribution in [0.2, 0.25) is 0 Å². The van der Waals surface area contributed by atoms with Crippen molar-refractivity contribution in [3.05, 3.63) is 60.1 Å². The van der Waals surface area contributed by atoms with Crippen molar-refractivity contribution in [2.45, 2.75) is 6.54 Å². The monoisotopic (exact) mass is 310 g/mol. The SMILES string of the molecule is COc1ccc(C(=O)NCc2nnc(-c3ccccn3)o2)cc1. The molecule has 0 radical (unpaired) electrons. The molecule has 0 bridgehead atoms. The highest BCUT2D eigenvalue weighted by atomic mass is 16.5. The summed E-state index contributed by atoms with van der Waals surface area (Å²) < 4.78 is 10.5. The molecule has 2 heterocycles. The smallest absolute Gasteiger partial charge is 0.266 e. The molecule has 1 aromatic carbocycles. The van der Waals surface area contributed by atoms with E-state index in [1.165, 1.54) is 0 Å². The van der Waals surface area contributed by atoms with E-state index in [2.05, 4.69) is 20.5 Å². The third-order valence-electron chi connectivity index (χ3n) is 3.10. The van der Waals surface area contributed by atoms with Crippen LogP contribution in [0.3, 0.4) is 0 Å². The number of methoxy groups -OCH3 is 1. The van der Waals surface area contributed by atoms with Crippen molar-refractivity contribution in [3.63, 3.8) is 0 Å². The highest BCUT2D eigenvalue weighted by Crippen LogP contribution is 2.14. The van der Waals surface area contributed by atoms with Gasteiger partial charge >= 0.3 is 0 Å². The molecular weight excluding hydrogens is 296 g/mol. The summed E-state index contributed by atoms with van der Waals surface area (Å²) >= 11 is 0. The molecule has 0 spiro atoms. The number of hydrogen-bond acceptors (Lipinski definition) is 6. The van der Waals surface area contributed by atoms with Crippen LogP contribution in [0.25, 0.3) is 11.6 Å². The molecule has 1 amide bonds. The third-order valence-corrected chi connectivity index (χ3v) is 3.10. The van der Waals surface area contributed by atoms with Gasteiger partial charge < -0.3 is 14.5 Å². The molecule has 116 valence electrons. The van der Waals surface area contributed by atoms with E-state index >= 15 is 0 Å². The summed E-state index contributed by atoms with van der Waals surface area (Å²) in [6, 6.07) is 12.2. The first-order valence-corrected chi connectivity index (χ1v) is 6.92. The molecule has 0 aliphatic rings. The first kappa shape index (κ1) is 14.7. The summed E-state index contributed by atoms with van der Waals surface area (Å²) in [5, 5.41) is 10.5. The summed E-state index contributed by atoms with van der Waals surface area (Å²) in [6.07, 6.45) is 1.64. The fraction of sp³-hybridized carbons (Fsp3) is 0.125. The second-order valence-electron chi connectivity index (χ2n) is 4.63. The lowest BCUT2D eigenvalue weighted by atomic mass is 10.2. The maximum Gasteiger partial charge on any atom is 0.266 e. The van der Waals surface area contributed by atoms with Gasteiger partial charge in [0.05, 0.1) is 13.7 Å². The summed E-state index contributed by atoms with van der Waals surface area (Å²) in [5.74, 6) is 1.09. The lowest BCUT2D eigenvalue weighted by Gasteiger charge is -2.03. The van der Waals surface area contributed by atoms with Crippen LogP contribution in [0.5, 0.6) is 5.75 Å². The van der Waals surface area contributed by atoms with Crippen molar-refractivity contribution in [2.75, 3.05) is 7.11 Å². The van der Waals surface area contributed by atoms with Gasteiger partial charge in [-0.1, -0.05) is 6.07 Å². The highest BCUT2D eigenvalue weighted by molar-refractivity contribution is 5.94. The molecule has 0 saturated carbocycles. The second-order valence-corrected chi connectivity index (χ2v) is 4.63. The van der Waals surface area contributed by atoms with Gasteiger partial charge in [0.1, 0.15) is 11.4 Å². The van der Waals surface area contributed by atoms with E-state index in [0.717, 1.165) is 0 Å². The van der Waals surface area contributed by atoms with E-state index in [1.54, 1.807) is 49.7 Å². The van der Waals surface area contributed by atoms with Gasteiger partial charge in [0, 0.05) is 11.8 Å². The Bertz CT molecular complexity index is 785. The van der Waals surface area contributed by atoms with Gasteiger partial charge in [-0.25, -0.2) is 0 Å². The standard InChI is InChI=1S/C16H14N4O3/c1-22-12-7-5-11(6-8-12)15(21)18-10-14-19-20-16(23-14)13-4-2-3-9-17-13/h2-9H,10H2,1H3,(H,18,21). The van der Waals surface area contributed by atoms with Gasteiger partial charge in [0.25, 0.3) is 11.8 Å². The van der Waals surface area contributed by atoms with E-state index in [4.69, 9.17) is 9.15 Å². The fourth-order valence-corrected chi connectivity index (χ4v) is 1.92. The van der Waals surface area contributed by atoms with Crippen molar-refractivity contribution in [1.82, 2.24) is 20.5 Å². The van der Waals surface area contributed by atoms with Crippen LogP contribution in [0.15, 0.2) is 53.1 Å². The van der Waals surface area contributed by atoms with Gasteiger partial charge in [0.15, 0.2) is 0 Å². The van der Waals surface area contributed by atoms with Gasteiger partial charge in [-0.05, 0) is 36.4 Å². The van der Waals surface area contributed by atoms with E-state index in [-0.39, 0.29) is 12.5 Å². The number of carbonyl (C=O) groups excluding carboxylic acids is 1. The zero-order chi connectivity index (χ0) is 16.1. The van der Waals surface area contributed by atoms with Crippen LogP contribution in [0.1, 0.15) is 16.2 Å². The molecule has 7 heteroatoms. The molecule has 1 N–H and O–H groups in total. The summed E-state index contributed by atoms with van der Waals surface area (Å²) in [5.41, 5.74) is 1.11. The average Bonchev–Trinajstić information content (AvgIpc) is 3.09. The van der Waals surface area contributed by atoms with Crippen molar-refractivity contribution in [1.29, 1.82) is 0 Å². The molecule has 0 aliphatic heterocycles. The van der Waals surface area contributed by atoms with Crippen LogP contribution in [-0.4, -0.2) is 28.2 Å². The maximum atomic E-state index is 12.0. The molecule has 3 rings (SSSR count). The molecule has 23 heavy (non-hydrogen) atoms. The predicted molar refractivity (Wildman–Crippen MR) is 81.7 cm³/mol. The zero-order valence-electron chi connectivity index (χ0n) is 12.4. The predicted octanol–water partition coefficient (Wildman–Crippen LogP) is 2.07. The topological polar surface area (TPSA) is 90.1 Å². The fourth-order valence-electron chi connectivity index (χ4n) is 1.92. The Labute approximate surface area is 132 Å². The Morgan fingerprint density at radius 2 is 2.00 bits per heavy atom. The zero-order valence-corrected chi connectivity index (χ0v) is 12.4. The number of nitrogens with zero attached hydrogens (tertiary/aromatic N) is 3. The van der Waals surface area contributed by atoms with Crippen molar-refractivity contribution in [3.8, 4) is 17.3 Å².